The molecule has 0 atom stereocenters. The summed E-state index contributed by atoms with van der Waals surface area (Å²) in [5.74, 6) is 0.261. The van der Waals surface area contributed by atoms with Crippen molar-refractivity contribution in [3.8, 4) is 22.4 Å². The van der Waals surface area contributed by atoms with E-state index >= 15 is 0 Å². The van der Waals surface area contributed by atoms with E-state index in [1.54, 1.807) is 6.08 Å². The van der Waals surface area contributed by atoms with Crippen LogP contribution in [-0.2, 0) is 0 Å². The minimum atomic E-state index is -0.0991. The molecule has 6 nitrogen and oxygen atoms in total. The van der Waals surface area contributed by atoms with Gasteiger partial charge in [-0.2, -0.15) is 0 Å². The van der Waals surface area contributed by atoms with Crippen molar-refractivity contribution < 1.29 is 4.79 Å². The number of nitrogens with zero attached hydrogens (tertiary/aromatic N) is 4. The zero-order valence-electron chi connectivity index (χ0n) is 20.2. The standard InChI is InChI=1S/C28H29N5O/c1-28(2,3)15-14-24(34)21-9-7-6-8-20(21)22-16-23(18-10-12-19(13-11-18)33(4)5)32-27-25(22)26(29)30-17-31-27/h6-17H,1-5H3,(H2,29,30,31,32). The van der Waals surface area contributed by atoms with Gasteiger partial charge in [0.2, 0.25) is 0 Å². The molecule has 0 aliphatic rings. The molecule has 0 aliphatic heterocycles. The summed E-state index contributed by atoms with van der Waals surface area (Å²) in [4.78, 5) is 28.6. The number of benzene rings is 2. The Labute approximate surface area is 200 Å². The number of aromatic nitrogens is 3. The molecule has 0 spiro atoms. The van der Waals surface area contributed by atoms with Gasteiger partial charge in [0, 0.05) is 30.9 Å². The molecule has 0 fully saturated rings. The summed E-state index contributed by atoms with van der Waals surface area (Å²) in [5.41, 5.74) is 11.6. The molecule has 0 radical (unpaired) electrons. The van der Waals surface area contributed by atoms with Gasteiger partial charge in [-0.1, -0.05) is 63.2 Å². The quantitative estimate of drug-likeness (QED) is 0.305. The molecular weight excluding hydrogens is 422 g/mol. The van der Waals surface area contributed by atoms with Gasteiger partial charge in [0.15, 0.2) is 11.4 Å². The first kappa shape index (κ1) is 23.1. The molecular formula is C28H29N5O. The number of hydrogen-bond donors (Lipinski definition) is 1. The maximum atomic E-state index is 13.2. The molecule has 0 saturated carbocycles. The van der Waals surface area contributed by atoms with Crippen LogP contribution in [0.25, 0.3) is 33.4 Å². The molecule has 2 aromatic carbocycles. The van der Waals surface area contributed by atoms with Crippen LogP contribution in [0.1, 0.15) is 31.1 Å². The molecule has 0 amide bonds. The summed E-state index contributed by atoms with van der Waals surface area (Å²) < 4.78 is 0. The summed E-state index contributed by atoms with van der Waals surface area (Å²) in [6.07, 6.45) is 4.98. The molecule has 4 rings (SSSR count). The van der Waals surface area contributed by atoms with E-state index in [9.17, 15) is 4.79 Å². The van der Waals surface area contributed by atoms with Crippen LogP contribution in [0.15, 0.2) is 73.1 Å². The van der Waals surface area contributed by atoms with Crippen LogP contribution < -0.4 is 10.6 Å². The van der Waals surface area contributed by atoms with Gasteiger partial charge in [0.25, 0.3) is 0 Å². The average Bonchev–Trinajstić information content (AvgIpc) is 2.81. The monoisotopic (exact) mass is 451 g/mol. The van der Waals surface area contributed by atoms with Crippen LogP contribution in [-0.4, -0.2) is 34.8 Å². The molecule has 0 unspecified atom stereocenters. The largest absolute Gasteiger partial charge is 0.383 e. The van der Waals surface area contributed by atoms with Gasteiger partial charge in [-0.25, -0.2) is 15.0 Å². The minimum Gasteiger partial charge on any atom is -0.383 e. The Hall–Kier alpha value is -4.06. The molecule has 4 aromatic rings. The fourth-order valence-electron chi connectivity index (χ4n) is 3.73. The second-order valence-electron chi connectivity index (χ2n) is 9.56. The van der Waals surface area contributed by atoms with Gasteiger partial charge in [0.1, 0.15) is 12.1 Å². The van der Waals surface area contributed by atoms with Crippen molar-refractivity contribution >= 4 is 28.3 Å². The van der Waals surface area contributed by atoms with Crippen molar-refractivity contribution in [1.29, 1.82) is 0 Å². The number of fused-ring (bicyclic) bond motifs is 1. The van der Waals surface area contributed by atoms with E-state index in [0.29, 0.717) is 22.4 Å². The third-order valence-corrected chi connectivity index (χ3v) is 5.53. The number of ketones is 1. The second kappa shape index (κ2) is 9.06. The number of nitrogens with two attached hydrogens (primary N) is 1. The first-order valence-corrected chi connectivity index (χ1v) is 11.2. The van der Waals surface area contributed by atoms with Crippen molar-refractivity contribution in [2.75, 3.05) is 24.7 Å². The number of pyridine rings is 1. The first-order chi connectivity index (χ1) is 16.1. The number of allylic oxidation sites excluding steroid dienone is 2. The van der Waals surface area contributed by atoms with E-state index in [4.69, 9.17) is 10.7 Å². The van der Waals surface area contributed by atoms with E-state index in [1.165, 1.54) is 6.33 Å². The highest BCUT2D eigenvalue weighted by Gasteiger charge is 2.18. The second-order valence-corrected chi connectivity index (χ2v) is 9.56. The lowest BCUT2D eigenvalue weighted by atomic mass is 9.91. The van der Waals surface area contributed by atoms with E-state index in [0.717, 1.165) is 28.1 Å². The lowest BCUT2D eigenvalue weighted by molar-refractivity contribution is 0.104. The van der Waals surface area contributed by atoms with Crippen molar-refractivity contribution in [1.82, 2.24) is 15.0 Å². The predicted molar refractivity (Wildman–Crippen MR) is 140 cm³/mol. The summed E-state index contributed by atoms with van der Waals surface area (Å²) in [6.45, 7) is 6.18. The van der Waals surface area contributed by atoms with Gasteiger partial charge in [-0.3, -0.25) is 4.79 Å². The lowest BCUT2D eigenvalue weighted by Gasteiger charge is -2.15. The SMILES string of the molecule is CN(C)c1ccc(-c2cc(-c3ccccc3C(=O)C=CC(C)(C)C)c3c(N)ncnc3n2)cc1. The van der Waals surface area contributed by atoms with Crippen LogP contribution in [0.3, 0.4) is 0 Å². The molecule has 2 N–H and O–H groups in total. The van der Waals surface area contributed by atoms with Gasteiger partial charge in [0.05, 0.1) is 11.1 Å². The Morgan fingerprint density at radius 1 is 0.971 bits per heavy atom. The Balaban J connectivity index is 1.93. The fraction of sp³-hybridized carbons (Fsp3) is 0.214. The highest BCUT2D eigenvalue weighted by atomic mass is 16.1. The number of nitrogen functional groups attached to an aromatic ring is 1. The first-order valence-electron chi connectivity index (χ1n) is 11.2. The van der Waals surface area contributed by atoms with Crippen molar-refractivity contribution in [3.05, 3.63) is 78.6 Å². The smallest absolute Gasteiger partial charge is 0.186 e. The molecule has 2 aromatic heterocycles. The Morgan fingerprint density at radius 2 is 1.68 bits per heavy atom. The molecule has 0 aliphatic carbocycles. The van der Waals surface area contributed by atoms with Crippen molar-refractivity contribution in [2.24, 2.45) is 5.41 Å². The van der Waals surface area contributed by atoms with E-state index in [1.807, 2.05) is 79.7 Å². The van der Waals surface area contributed by atoms with Gasteiger partial charge in [-0.05, 0) is 40.8 Å². The highest BCUT2D eigenvalue weighted by Crippen LogP contribution is 2.36. The highest BCUT2D eigenvalue weighted by molar-refractivity contribution is 6.12. The van der Waals surface area contributed by atoms with E-state index in [2.05, 4.69) is 30.7 Å². The Bertz CT molecular complexity index is 1380. The van der Waals surface area contributed by atoms with E-state index in [-0.39, 0.29) is 11.2 Å². The number of rotatable bonds is 5. The summed E-state index contributed by atoms with van der Waals surface area (Å²) in [5, 5.41) is 0.635. The zero-order valence-corrected chi connectivity index (χ0v) is 20.2. The third-order valence-electron chi connectivity index (χ3n) is 5.53. The molecule has 172 valence electrons. The van der Waals surface area contributed by atoms with Crippen LogP contribution >= 0.6 is 0 Å². The van der Waals surface area contributed by atoms with Crippen LogP contribution in [0, 0.1) is 5.41 Å². The number of carbonyl (C=O) groups is 1. The molecule has 2 heterocycles. The Morgan fingerprint density at radius 3 is 2.35 bits per heavy atom. The lowest BCUT2D eigenvalue weighted by Crippen LogP contribution is -2.08. The number of anilines is 2. The number of carbonyl (C=O) groups excluding carboxylic acids is 1. The maximum absolute atomic E-state index is 13.2. The third kappa shape index (κ3) is 4.81. The molecule has 0 saturated heterocycles. The summed E-state index contributed by atoms with van der Waals surface area (Å²) >= 11 is 0. The van der Waals surface area contributed by atoms with E-state index < -0.39 is 0 Å². The normalized spacial score (nSPS) is 11.8. The maximum Gasteiger partial charge on any atom is 0.186 e. The molecule has 6 heteroatoms. The van der Waals surface area contributed by atoms with Crippen molar-refractivity contribution in [2.45, 2.75) is 20.8 Å². The zero-order chi connectivity index (χ0) is 24.5. The summed E-state index contributed by atoms with van der Waals surface area (Å²) in [7, 11) is 4.01. The van der Waals surface area contributed by atoms with Crippen molar-refractivity contribution in [3.63, 3.8) is 0 Å². The summed E-state index contributed by atoms with van der Waals surface area (Å²) in [6, 6.07) is 17.7. The van der Waals surface area contributed by atoms with Crippen LogP contribution in [0.2, 0.25) is 0 Å². The molecule has 0 bridgehead atoms. The van der Waals surface area contributed by atoms with Crippen LogP contribution in [0.5, 0.6) is 0 Å². The minimum absolute atomic E-state index is 0.0669. The predicted octanol–water partition coefficient (Wildman–Crippen LogP) is 5.79. The van der Waals surface area contributed by atoms with Gasteiger partial charge < -0.3 is 10.6 Å². The van der Waals surface area contributed by atoms with Gasteiger partial charge in [-0.15, -0.1) is 0 Å². The van der Waals surface area contributed by atoms with Crippen LogP contribution in [0.4, 0.5) is 11.5 Å². The fourth-order valence-corrected chi connectivity index (χ4v) is 3.73. The van der Waals surface area contributed by atoms with Gasteiger partial charge >= 0.3 is 0 Å². The Kier molecular flexibility index (Phi) is 6.16. The number of hydrogen-bond acceptors (Lipinski definition) is 6. The molecule has 34 heavy (non-hydrogen) atoms. The average molecular weight is 452 g/mol. The topological polar surface area (TPSA) is 85.0 Å².